The molecule has 1 aromatic carbocycles. The summed E-state index contributed by atoms with van der Waals surface area (Å²) in [5.74, 6) is -0.332. The maximum atomic E-state index is 12.6. The zero-order chi connectivity index (χ0) is 9.84. The molecule has 0 aliphatic heterocycles. The normalized spacial score (nSPS) is 12.2. The first-order valence-electron chi connectivity index (χ1n) is 3.97. The molecular weight excluding hydrogens is 189 g/mol. The van der Waals surface area contributed by atoms with E-state index in [0.29, 0.717) is 5.02 Å². The number of nitrogens with one attached hydrogen (secondary N) is 1. The number of hydrogen-bond donors (Lipinski definition) is 1. The van der Waals surface area contributed by atoms with Crippen LogP contribution in [-0.2, 0) is 0 Å². The van der Waals surface area contributed by atoms with Crippen LogP contribution in [0.2, 0.25) is 5.02 Å². The number of anilines is 1. The molecule has 70 valence electrons. The van der Waals surface area contributed by atoms with Crippen molar-refractivity contribution in [2.45, 2.75) is 13.0 Å². The first kappa shape index (κ1) is 10.1. The van der Waals surface area contributed by atoms with Crippen molar-refractivity contribution in [2.75, 3.05) is 5.32 Å². The Hall–Kier alpha value is -1.02. The van der Waals surface area contributed by atoms with Gasteiger partial charge in [0, 0.05) is 6.04 Å². The minimum atomic E-state index is -0.332. The van der Waals surface area contributed by atoms with E-state index in [2.05, 4.69) is 11.9 Å². The summed E-state index contributed by atoms with van der Waals surface area (Å²) < 4.78 is 12.6. The predicted octanol–water partition coefficient (Wildman–Crippen LogP) is 3.47. The molecule has 0 radical (unpaired) electrons. The van der Waals surface area contributed by atoms with Crippen LogP contribution in [0.25, 0.3) is 0 Å². The lowest BCUT2D eigenvalue weighted by Crippen LogP contribution is -2.11. The third kappa shape index (κ3) is 2.74. The van der Waals surface area contributed by atoms with E-state index in [1.807, 2.05) is 6.92 Å². The molecule has 1 aromatic rings. The number of halogens is 2. The van der Waals surface area contributed by atoms with E-state index in [0.717, 1.165) is 5.69 Å². The molecular formula is C10H11ClFN. The zero-order valence-electron chi connectivity index (χ0n) is 7.35. The molecule has 0 aliphatic carbocycles. The summed E-state index contributed by atoms with van der Waals surface area (Å²) in [4.78, 5) is 0. The smallest absolute Gasteiger partial charge is 0.124 e. The molecule has 0 bridgehead atoms. The molecule has 0 fully saturated rings. The van der Waals surface area contributed by atoms with E-state index in [1.54, 1.807) is 12.1 Å². The van der Waals surface area contributed by atoms with E-state index in [4.69, 9.17) is 11.6 Å². The lowest BCUT2D eigenvalue weighted by atomic mass is 10.2. The van der Waals surface area contributed by atoms with Crippen LogP contribution in [0, 0.1) is 5.82 Å². The Morgan fingerprint density at radius 1 is 1.62 bits per heavy atom. The minimum Gasteiger partial charge on any atom is -0.378 e. The van der Waals surface area contributed by atoms with Crippen LogP contribution < -0.4 is 5.32 Å². The molecule has 1 rings (SSSR count). The Morgan fingerprint density at radius 2 is 2.31 bits per heavy atom. The van der Waals surface area contributed by atoms with Crippen molar-refractivity contribution < 1.29 is 4.39 Å². The van der Waals surface area contributed by atoms with Crippen LogP contribution in [0.15, 0.2) is 30.9 Å². The topological polar surface area (TPSA) is 12.0 Å². The van der Waals surface area contributed by atoms with Gasteiger partial charge in [-0.3, -0.25) is 0 Å². The highest BCUT2D eigenvalue weighted by Gasteiger charge is 2.02. The van der Waals surface area contributed by atoms with E-state index in [-0.39, 0.29) is 11.9 Å². The highest BCUT2D eigenvalue weighted by Crippen LogP contribution is 2.22. The summed E-state index contributed by atoms with van der Waals surface area (Å²) in [6, 6.07) is 4.37. The van der Waals surface area contributed by atoms with Crippen molar-refractivity contribution >= 4 is 17.3 Å². The Bertz CT molecular complexity index is 312. The first-order chi connectivity index (χ1) is 6.13. The molecule has 0 aromatic heterocycles. The van der Waals surface area contributed by atoms with Gasteiger partial charge in [0.15, 0.2) is 0 Å². The van der Waals surface area contributed by atoms with Gasteiger partial charge in [-0.25, -0.2) is 4.39 Å². The van der Waals surface area contributed by atoms with Crippen molar-refractivity contribution in [3.63, 3.8) is 0 Å². The van der Waals surface area contributed by atoms with Gasteiger partial charge in [0.25, 0.3) is 0 Å². The summed E-state index contributed by atoms with van der Waals surface area (Å²) in [6.07, 6.45) is 1.75. The maximum absolute atomic E-state index is 12.6. The summed E-state index contributed by atoms with van der Waals surface area (Å²) in [7, 11) is 0. The van der Waals surface area contributed by atoms with Crippen LogP contribution >= 0.6 is 11.6 Å². The molecule has 1 N–H and O–H groups in total. The lowest BCUT2D eigenvalue weighted by molar-refractivity contribution is 0.628. The molecule has 1 nitrogen and oxygen atoms in total. The molecule has 1 unspecified atom stereocenters. The standard InChI is InChI=1S/C10H11ClFN/c1-3-7(2)13-10-5-4-8(12)6-9(10)11/h3-7,13H,1H2,2H3. The van der Waals surface area contributed by atoms with Crippen LogP contribution in [0.3, 0.4) is 0 Å². The van der Waals surface area contributed by atoms with Gasteiger partial charge >= 0.3 is 0 Å². The Labute approximate surface area is 82.2 Å². The average molecular weight is 200 g/mol. The SMILES string of the molecule is C=CC(C)Nc1ccc(F)cc1Cl. The molecule has 0 saturated carbocycles. The Kier molecular flexibility index (Phi) is 3.32. The summed E-state index contributed by atoms with van der Waals surface area (Å²) in [5.41, 5.74) is 0.718. The van der Waals surface area contributed by atoms with Crippen molar-refractivity contribution in [3.8, 4) is 0 Å². The molecule has 13 heavy (non-hydrogen) atoms. The molecule has 0 amide bonds. The van der Waals surface area contributed by atoms with Crippen LogP contribution in [0.1, 0.15) is 6.92 Å². The van der Waals surface area contributed by atoms with Gasteiger partial charge < -0.3 is 5.32 Å². The maximum Gasteiger partial charge on any atom is 0.124 e. The molecule has 0 saturated heterocycles. The Morgan fingerprint density at radius 3 is 2.85 bits per heavy atom. The van der Waals surface area contributed by atoms with E-state index >= 15 is 0 Å². The molecule has 0 spiro atoms. The summed E-state index contributed by atoms with van der Waals surface area (Å²) in [5, 5.41) is 3.45. The van der Waals surface area contributed by atoms with Crippen molar-refractivity contribution in [2.24, 2.45) is 0 Å². The zero-order valence-corrected chi connectivity index (χ0v) is 8.11. The van der Waals surface area contributed by atoms with Crippen molar-refractivity contribution in [1.29, 1.82) is 0 Å². The van der Waals surface area contributed by atoms with Crippen LogP contribution in [0.5, 0.6) is 0 Å². The van der Waals surface area contributed by atoms with Gasteiger partial charge in [-0.1, -0.05) is 17.7 Å². The minimum absolute atomic E-state index is 0.114. The second kappa shape index (κ2) is 4.28. The fraction of sp³-hybridized carbons (Fsp3) is 0.200. The van der Waals surface area contributed by atoms with Gasteiger partial charge in [-0.05, 0) is 25.1 Å². The quantitative estimate of drug-likeness (QED) is 0.736. The predicted molar refractivity (Wildman–Crippen MR) is 54.7 cm³/mol. The second-order valence-electron chi connectivity index (χ2n) is 2.79. The third-order valence-electron chi connectivity index (χ3n) is 1.67. The lowest BCUT2D eigenvalue weighted by Gasteiger charge is -2.11. The van der Waals surface area contributed by atoms with Crippen LogP contribution in [-0.4, -0.2) is 6.04 Å². The van der Waals surface area contributed by atoms with Gasteiger partial charge in [-0.15, -0.1) is 6.58 Å². The highest BCUT2D eigenvalue weighted by atomic mass is 35.5. The van der Waals surface area contributed by atoms with Gasteiger partial charge in [0.1, 0.15) is 5.82 Å². The van der Waals surface area contributed by atoms with Gasteiger partial charge in [0.05, 0.1) is 10.7 Å². The summed E-state index contributed by atoms with van der Waals surface area (Å²) >= 11 is 5.79. The van der Waals surface area contributed by atoms with Gasteiger partial charge in [0.2, 0.25) is 0 Å². The third-order valence-corrected chi connectivity index (χ3v) is 1.98. The van der Waals surface area contributed by atoms with E-state index < -0.39 is 0 Å². The number of benzene rings is 1. The molecule has 0 aliphatic rings. The fourth-order valence-corrected chi connectivity index (χ4v) is 1.13. The first-order valence-corrected chi connectivity index (χ1v) is 4.35. The molecule has 0 heterocycles. The highest BCUT2D eigenvalue weighted by molar-refractivity contribution is 6.33. The fourth-order valence-electron chi connectivity index (χ4n) is 0.911. The van der Waals surface area contributed by atoms with Crippen LogP contribution in [0.4, 0.5) is 10.1 Å². The summed E-state index contributed by atoms with van der Waals surface area (Å²) in [6.45, 7) is 5.56. The molecule has 1 atom stereocenters. The number of hydrogen-bond acceptors (Lipinski definition) is 1. The van der Waals surface area contributed by atoms with Crippen molar-refractivity contribution in [3.05, 3.63) is 41.7 Å². The molecule has 3 heteroatoms. The Balaban J connectivity index is 2.83. The van der Waals surface area contributed by atoms with E-state index in [9.17, 15) is 4.39 Å². The largest absolute Gasteiger partial charge is 0.378 e. The van der Waals surface area contributed by atoms with E-state index in [1.165, 1.54) is 12.1 Å². The van der Waals surface area contributed by atoms with Crippen molar-refractivity contribution in [1.82, 2.24) is 0 Å². The van der Waals surface area contributed by atoms with Gasteiger partial charge in [-0.2, -0.15) is 0 Å². The second-order valence-corrected chi connectivity index (χ2v) is 3.20. The average Bonchev–Trinajstić information content (AvgIpc) is 2.09. The number of rotatable bonds is 3. The monoisotopic (exact) mass is 199 g/mol.